The maximum absolute atomic E-state index is 6.06. The predicted molar refractivity (Wildman–Crippen MR) is 68.3 cm³/mol. The Balaban J connectivity index is 1.95. The molecule has 6 heteroatoms. The lowest BCUT2D eigenvalue weighted by atomic mass is 10.0. The fraction of sp³-hybridized carbons (Fsp3) is 0.364. The van der Waals surface area contributed by atoms with Gasteiger partial charge in [0.1, 0.15) is 0 Å². The van der Waals surface area contributed by atoms with Crippen LogP contribution in [0.4, 0.5) is 0 Å². The van der Waals surface area contributed by atoms with E-state index in [4.69, 9.17) is 5.73 Å². The molecule has 0 spiro atoms. The third-order valence-electron chi connectivity index (χ3n) is 2.38. The Hall–Kier alpha value is -1.27. The molecule has 0 bridgehead atoms. The Morgan fingerprint density at radius 2 is 2.24 bits per heavy atom. The van der Waals surface area contributed by atoms with Gasteiger partial charge in [-0.25, -0.2) is 0 Å². The summed E-state index contributed by atoms with van der Waals surface area (Å²) >= 11 is 3.44. The van der Waals surface area contributed by atoms with Crippen LogP contribution in [0, 0.1) is 0 Å². The van der Waals surface area contributed by atoms with Gasteiger partial charge in [-0.15, -0.1) is 10.2 Å². The van der Waals surface area contributed by atoms with Crippen molar-refractivity contribution in [2.24, 2.45) is 12.8 Å². The lowest BCUT2D eigenvalue weighted by Crippen LogP contribution is -2.26. The number of nitrogens with two attached hydrogens (primary N) is 1. The fourth-order valence-electron chi connectivity index (χ4n) is 1.68. The zero-order chi connectivity index (χ0) is 12.3. The maximum Gasteiger partial charge on any atom is 0.176 e. The van der Waals surface area contributed by atoms with Gasteiger partial charge in [0.05, 0.1) is 7.05 Å². The van der Waals surface area contributed by atoms with Crippen molar-refractivity contribution in [3.05, 3.63) is 40.1 Å². The molecule has 2 N–H and O–H groups in total. The molecule has 1 aromatic heterocycles. The van der Waals surface area contributed by atoms with Crippen molar-refractivity contribution in [3.8, 4) is 0 Å². The quantitative estimate of drug-likeness (QED) is 0.916. The molecule has 1 unspecified atom stereocenters. The van der Waals surface area contributed by atoms with Crippen LogP contribution in [0.25, 0.3) is 0 Å². The van der Waals surface area contributed by atoms with Crippen molar-refractivity contribution in [3.63, 3.8) is 0 Å². The standard InChI is InChI=1S/C11H14BrN5/c1-17-15-11(14-16-17)7-10(13)6-8-3-2-4-9(12)5-8/h2-5,10H,6-7,13H2,1H3. The maximum atomic E-state index is 6.06. The van der Waals surface area contributed by atoms with Gasteiger partial charge in [-0.1, -0.05) is 28.1 Å². The van der Waals surface area contributed by atoms with Crippen LogP contribution in [0.15, 0.2) is 28.7 Å². The average Bonchev–Trinajstić information content (AvgIpc) is 2.63. The van der Waals surface area contributed by atoms with Crippen LogP contribution in [-0.2, 0) is 19.9 Å². The molecule has 0 radical (unpaired) electrons. The van der Waals surface area contributed by atoms with Gasteiger partial charge in [-0.3, -0.25) is 0 Å². The molecule has 0 fully saturated rings. The summed E-state index contributed by atoms with van der Waals surface area (Å²) in [7, 11) is 1.75. The van der Waals surface area contributed by atoms with Crippen molar-refractivity contribution in [1.82, 2.24) is 20.2 Å². The molecule has 1 aromatic carbocycles. The smallest absolute Gasteiger partial charge is 0.176 e. The number of hydrogen-bond acceptors (Lipinski definition) is 4. The first kappa shape index (κ1) is 12.2. The highest BCUT2D eigenvalue weighted by Crippen LogP contribution is 2.13. The number of benzene rings is 1. The van der Waals surface area contributed by atoms with E-state index in [-0.39, 0.29) is 6.04 Å². The fourth-order valence-corrected chi connectivity index (χ4v) is 2.13. The highest BCUT2D eigenvalue weighted by molar-refractivity contribution is 9.10. The van der Waals surface area contributed by atoms with Crippen LogP contribution in [0.2, 0.25) is 0 Å². The molecule has 1 atom stereocenters. The van der Waals surface area contributed by atoms with E-state index in [1.807, 2.05) is 12.1 Å². The van der Waals surface area contributed by atoms with Gasteiger partial charge in [-0.05, 0) is 29.3 Å². The Labute approximate surface area is 108 Å². The molecule has 0 aliphatic heterocycles. The largest absolute Gasteiger partial charge is 0.327 e. The number of halogens is 1. The number of tetrazole rings is 1. The number of hydrogen-bond donors (Lipinski definition) is 1. The minimum Gasteiger partial charge on any atom is -0.327 e. The van der Waals surface area contributed by atoms with Crippen molar-refractivity contribution in [2.75, 3.05) is 0 Å². The summed E-state index contributed by atoms with van der Waals surface area (Å²) in [5, 5.41) is 11.8. The topological polar surface area (TPSA) is 69.6 Å². The number of rotatable bonds is 4. The molecule has 0 amide bonds. The van der Waals surface area contributed by atoms with Gasteiger partial charge in [0.25, 0.3) is 0 Å². The predicted octanol–water partition coefficient (Wildman–Crippen LogP) is 1.09. The summed E-state index contributed by atoms with van der Waals surface area (Å²) in [4.78, 5) is 1.45. The highest BCUT2D eigenvalue weighted by Gasteiger charge is 2.09. The first-order valence-electron chi connectivity index (χ1n) is 5.36. The molecule has 5 nitrogen and oxygen atoms in total. The van der Waals surface area contributed by atoms with Crippen LogP contribution >= 0.6 is 15.9 Å². The van der Waals surface area contributed by atoms with Gasteiger partial charge in [-0.2, -0.15) is 4.80 Å². The lowest BCUT2D eigenvalue weighted by molar-refractivity contribution is 0.615. The van der Waals surface area contributed by atoms with Gasteiger partial charge in [0.15, 0.2) is 5.82 Å². The van der Waals surface area contributed by atoms with E-state index in [1.165, 1.54) is 10.4 Å². The highest BCUT2D eigenvalue weighted by atomic mass is 79.9. The van der Waals surface area contributed by atoms with E-state index in [2.05, 4.69) is 43.5 Å². The normalized spacial score (nSPS) is 12.6. The zero-order valence-corrected chi connectivity index (χ0v) is 11.1. The molecular weight excluding hydrogens is 282 g/mol. The third kappa shape index (κ3) is 3.61. The summed E-state index contributed by atoms with van der Waals surface area (Å²) in [6, 6.07) is 8.15. The van der Waals surface area contributed by atoms with E-state index < -0.39 is 0 Å². The molecule has 0 aliphatic rings. The van der Waals surface area contributed by atoms with Crippen LogP contribution in [-0.4, -0.2) is 26.2 Å². The summed E-state index contributed by atoms with van der Waals surface area (Å²) in [5.41, 5.74) is 7.27. The molecular formula is C11H14BrN5. The van der Waals surface area contributed by atoms with Gasteiger partial charge < -0.3 is 5.73 Å². The summed E-state index contributed by atoms with van der Waals surface area (Å²) in [6.07, 6.45) is 1.44. The second-order valence-corrected chi connectivity index (χ2v) is 4.91. The molecule has 2 aromatic rings. The Morgan fingerprint density at radius 3 is 2.88 bits per heavy atom. The van der Waals surface area contributed by atoms with E-state index in [0.717, 1.165) is 10.9 Å². The second kappa shape index (κ2) is 5.37. The van der Waals surface area contributed by atoms with Crippen molar-refractivity contribution < 1.29 is 0 Å². The summed E-state index contributed by atoms with van der Waals surface area (Å²) < 4.78 is 1.07. The van der Waals surface area contributed by atoms with E-state index >= 15 is 0 Å². The van der Waals surface area contributed by atoms with Crippen molar-refractivity contribution >= 4 is 15.9 Å². The molecule has 90 valence electrons. The Bertz CT molecular complexity index is 496. The van der Waals surface area contributed by atoms with Gasteiger partial charge in [0, 0.05) is 16.9 Å². The number of aryl methyl sites for hydroxylation is 1. The van der Waals surface area contributed by atoms with Gasteiger partial charge in [0.2, 0.25) is 0 Å². The molecule has 17 heavy (non-hydrogen) atoms. The van der Waals surface area contributed by atoms with E-state index in [9.17, 15) is 0 Å². The third-order valence-corrected chi connectivity index (χ3v) is 2.87. The van der Waals surface area contributed by atoms with Crippen LogP contribution < -0.4 is 5.73 Å². The molecule has 1 heterocycles. The Kier molecular flexibility index (Phi) is 3.86. The molecule has 2 rings (SSSR count). The van der Waals surface area contributed by atoms with Crippen molar-refractivity contribution in [1.29, 1.82) is 0 Å². The first-order chi connectivity index (χ1) is 8.13. The van der Waals surface area contributed by atoms with Crippen LogP contribution in [0.1, 0.15) is 11.4 Å². The van der Waals surface area contributed by atoms with Gasteiger partial charge >= 0.3 is 0 Å². The number of nitrogens with zero attached hydrogens (tertiary/aromatic N) is 4. The summed E-state index contributed by atoms with van der Waals surface area (Å²) in [6.45, 7) is 0. The number of aromatic nitrogens is 4. The zero-order valence-electron chi connectivity index (χ0n) is 9.55. The SMILES string of the molecule is Cn1nnc(CC(N)Cc2cccc(Br)c2)n1. The monoisotopic (exact) mass is 295 g/mol. The second-order valence-electron chi connectivity index (χ2n) is 3.99. The van der Waals surface area contributed by atoms with Crippen molar-refractivity contribution in [2.45, 2.75) is 18.9 Å². The minimum atomic E-state index is 0.00787. The van der Waals surface area contributed by atoms with Crippen LogP contribution in [0.5, 0.6) is 0 Å². The molecule has 0 saturated carbocycles. The first-order valence-corrected chi connectivity index (χ1v) is 6.15. The van der Waals surface area contributed by atoms with E-state index in [1.54, 1.807) is 7.05 Å². The lowest BCUT2D eigenvalue weighted by Gasteiger charge is -2.09. The average molecular weight is 296 g/mol. The molecule has 0 saturated heterocycles. The Morgan fingerprint density at radius 1 is 1.41 bits per heavy atom. The van der Waals surface area contributed by atoms with Crippen LogP contribution in [0.3, 0.4) is 0 Å². The molecule has 0 aliphatic carbocycles. The minimum absolute atomic E-state index is 0.00787. The summed E-state index contributed by atoms with van der Waals surface area (Å²) in [5.74, 6) is 0.690. The van der Waals surface area contributed by atoms with E-state index in [0.29, 0.717) is 12.2 Å².